The molecule has 0 bridgehead atoms. The van der Waals surface area contributed by atoms with E-state index in [-0.39, 0.29) is 10.6 Å². The molecule has 0 saturated carbocycles. The first-order valence-corrected chi connectivity index (χ1v) is 6.89. The fraction of sp³-hybridized carbons (Fsp3) is 0.143. The van der Waals surface area contributed by atoms with E-state index in [1.54, 1.807) is 12.1 Å². The van der Waals surface area contributed by atoms with Crippen molar-refractivity contribution >= 4 is 33.0 Å². The number of nitro groups is 1. The van der Waals surface area contributed by atoms with Gasteiger partial charge in [-0.15, -0.1) is 0 Å². The Hall–Kier alpha value is -2.08. The van der Waals surface area contributed by atoms with Crippen molar-refractivity contribution in [3.05, 3.63) is 57.1 Å². The summed E-state index contributed by atoms with van der Waals surface area (Å²) in [5.74, 6) is 0.746. The third-order valence-electron chi connectivity index (χ3n) is 3.15. The quantitative estimate of drug-likeness (QED) is 0.617. The van der Waals surface area contributed by atoms with Gasteiger partial charge in [0.2, 0.25) is 0 Å². The van der Waals surface area contributed by atoms with Gasteiger partial charge in [-0.05, 0) is 24.3 Å². The molecule has 20 heavy (non-hydrogen) atoms. The number of rotatable bonds is 2. The second kappa shape index (κ2) is 5.13. The molecular weight excluding hydrogens is 324 g/mol. The minimum atomic E-state index is -0.363. The molecule has 0 saturated heterocycles. The van der Waals surface area contributed by atoms with Crippen LogP contribution in [-0.2, 0) is 0 Å². The second-order valence-corrected chi connectivity index (χ2v) is 5.27. The number of ether oxygens (including phenoxy) is 1. The number of fused-ring (bicyclic) bond motifs is 1. The summed E-state index contributed by atoms with van der Waals surface area (Å²) < 4.78 is 6.27. The normalized spacial score (nSPS) is 13.6. The van der Waals surface area contributed by atoms with Crippen LogP contribution < -0.4 is 9.64 Å². The van der Waals surface area contributed by atoms with Gasteiger partial charge in [-0.1, -0.05) is 28.1 Å². The summed E-state index contributed by atoms with van der Waals surface area (Å²) in [7, 11) is 0. The summed E-state index contributed by atoms with van der Waals surface area (Å²) in [4.78, 5) is 12.8. The smallest absolute Gasteiger partial charge is 0.294 e. The number of hydrogen-bond donors (Lipinski definition) is 0. The Balaban J connectivity index is 2.13. The van der Waals surface area contributed by atoms with Gasteiger partial charge in [0, 0.05) is 10.5 Å². The molecule has 0 aliphatic carbocycles. The van der Waals surface area contributed by atoms with Gasteiger partial charge in [0.15, 0.2) is 0 Å². The highest BCUT2D eigenvalue weighted by Gasteiger charge is 2.25. The largest absolute Gasteiger partial charge is 0.490 e. The van der Waals surface area contributed by atoms with Crippen molar-refractivity contribution in [1.29, 1.82) is 0 Å². The molecule has 6 heteroatoms. The number of para-hydroxylation sites is 2. The number of halogens is 1. The third kappa shape index (κ3) is 2.22. The zero-order chi connectivity index (χ0) is 14.1. The Labute approximate surface area is 124 Å². The second-order valence-electron chi connectivity index (χ2n) is 4.36. The summed E-state index contributed by atoms with van der Waals surface area (Å²) >= 11 is 3.27. The fourth-order valence-corrected chi connectivity index (χ4v) is 2.64. The van der Waals surface area contributed by atoms with Crippen LogP contribution in [0.2, 0.25) is 0 Å². The number of nitro benzene ring substituents is 1. The molecule has 0 N–H and O–H groups in total. The average Bonchev–Trinajstić information content (AvgIpc) is 2.46. The zero-order valence-corrected chi connectivity index (χ0v) is 12.0. The van der Waals surface area contributed by atoms with Crippen molar-refractivity contribution in [1.82, 2.24) is 0 Å². The minimum Gasteiger partial charge on any atom is -0.490 e. The molecule has 102 valence electrons. The Morgan fingerprint density at radius 3 is 2.80 bits per heavy atom. The van der Waals surface area contributed by atoms with Gasteiger partial charge in [-0.25, -0.2) is 0 Å². The van der Waals surface area contributed by atoms with Crippen molar-refractivity contribution in [2.45, 2.75) is 0 Å². The van der Waals surface area contributed by atoms with Gasteiger partial charge in [0.05, 0.1) is 17.2 Å². The van der Waals surface area contributed by atoms with E-state index in [1.165, 1.54) is 6.07 Å². The minimum absolute atomic E-state index is 0.0797. The molecule has 2 aromatic rings. The highest BCUT2D eigenvalue weighted by Crippen LogP contribution is 2.40. The Bertz CT molecular complexity index is 675. The Morgan fingerprint density at radius 1 is 1.20 bits per heavy atom. The molecule has 0 radical (unpaired) electrons. The van der Waals surface area contributed by atoms with Crippen LogP contribution in [0, 0.1) is 10.1 Å². The molecule has 0 atom stereocenters. The maximum absolute atomic E-state index is 11.3. The van der Waals surface area contributed by atoms with E-state index in [1.807, 2.05) is 29.2 Å². The first-order valence-electron chi connectivity index (χ1n) is 6.10. The predicted octanol–water partition coefficient (Wildman–Crippen LogP) is 3.89. The molecular formula is C14H11BrN2O3. The lowest BCUT2D eigenvalue weighted by Crippen LogP contribution is -2.29. The van der Waals surface area contributed by atoms with Crippen LogP contribution >= 0.6 is 15.9 Å². The van der Waals surface area contributed by atoms with Crippen LogP contribution in [0.4, 0.5) is 17.1 Å². The molecule has 0 fully saturated rings. The Kier molecular flexibility index (Phi) is 3.31. The highest BCUT2D eigenvalue weighted by molar-refractivity contribution is 9.10. The van der Waals surface area contributed by atoms with Crippen LogP contribution in [0.3, 0.4) is 0 Å². The lowest BCUT2D eigenvalue weighted by molar-refractivity contribution is -0.384. The molecule has 0 spiro atoms. The maximum atomic E-state index is 11.3. The summed E-state index contributed by atoms with van der Waals surface area (Å²) in [5.41, 5.74) is 1.51. The van der Waals surface area contributed by atoms with Gasteiger partial charge >= 0.3 is 0 Å². The van der Waals surface area contributed by atoms with Gasteiger partial charge < -0.3 is 9.64 Å². The summed E-state index contributed by atoms with van der Waals surface area (Å²) in [6.07, 6.45) is 0. The summed E-state index contributed by atoms with van der Waals surface area (Å²) in [6, 6.07) is 12.6. The number of benzene rings is 2. The SMILES string of the molecule is O=[N+]([O-])c1cc(Br)ccc1N1CCOc2ccccc21. The van der Waals surface area contributed by atoms with Crippen LogP contribution in [0.25, 0.3) is 0 Å². The fourth-order valence-electron chi connectivity index (χ4n) is 2.29. The first kappa shape index (κ1) is 12.9. The summed E-state index contributed by atoms with van der Waals surface area (Å²) in [5, 5.41) is 11.3. The number of anilines is 2. The molecule has 0 amide bonds. The molecule has 1 aliphatic heterocycles. The van der Waals surface area contributed by atoms with Crippen molar-refractivity contribution in [2.75, 3.05) is 18.1 Å². The number of nitrogens with zero attached hydrogens (tertiary/aromatic N) is 2. The van der Waals surface area contributed by atoms with E-state index in [9.17, 15) is 10.1 Å². The van der Waals surface area contributed by atoms with E-state index in [0.717, 1.165) is 11.4 Å². The van der Waals surface area contributed by atoms with E-state index >= 15 is 0 Å². The lowest BCUT2D eigenvalue weighted by atomic mass is 10.2. The molecule has 1 heterocycles. The van der Waals surface area contributed by atoms with E-state index in [4.69, 9.17) is 4.74 Å². The molecule has 1 aliphatic rings. The van der Waals surface area contributed by atoms with E-state index in [0.29, 0.717) is 23.3 Å². The zero-order valence-electron chi connectivity index (χ0n) is 10.5. The van der Waals surface area contributed by atoms with Gasteiger partial charge in [0.1, 0.15) is 18.0 Å². The predicted molar refractivity (Wildman–Crippen MR) is 79.7 cm³/mol. The number of hydrogen-bond acceptors (Lipinski definition) is 4. The average molecular weight is 335 g/mol. The summed E-state index contributed by atoms with van der Waals surface area (Å²) in [6.45, 7) is 1.09. The van der Waals surface area contributed by atoms with Crippen LogP contribution in [-0.4, -0.2) is 18.1 Å². The molecule has 0 unspecified atom stereocenters. The van der Waals surface area contributed by atoms with Crippen molar-refractivity contribution in [3.63, 3.8) is 0 Å². The van der Waals surface area contributed by atoms with Crippen LogP contribution in [0.15, 0.2) is 46.9 Å². The molecule has 2 aromatic carbocycles. The van der Waals surface area contributed by atoms with Crippen LogP contribution in [0.5, 0.6) is 5.75 Å². The first-order chi connectivity index (χ1) is 9.66. The Morgan fingerprint density at radius 2 is 2.00 bits per heavy atom. The maximum Gasteiger partial charge on any atom is 0.294 e. The van der Waals surface area contributed by atoms with E-state index < -0.39 is 0 Å². The highest BCUT2D eigenvalue weighted by atomic mass is 79.9. The molecule has 0 aromatic heterocycles. The topological polar surface area (TPSA) is 55.6 Å². The van der Waals surface area contributed by atoms with Crippen molar-refractivity contribution < 1.29 is 9.66 Å². The lowest BCUT2D eigenvalue weighted by Gasteiger charge is -2.30. The molecule has 5 nitrogen and oxygen atoms in total. The molecule has 3 rings (SSSR count). The standard InChI is InChI=1S/C14H11BrN2O3/c15-10-5-6-11(13(9-10)17(18)19)16-7-8-20-14-4-2-1-3-12(14)16/h1-6,9H,7-8H2. The van der Waals surface area contributed by atoms with Gasteiger partial charge in [-0.3, -0.25) is 10.1 Å². The van der Waals surface area contributed by atoms with Gasteiger partial charge in [0.25, 0.3) is 5.69 Å². The monoisotopic (exact) mass is 334 g/mol. The van der Waals surface area contributed by atoms with Crippen molar-refractivity contribution in [2.24, 2.45) is 0 Å². The van der Waals surface area contributed by atoms with Gasteiger partial charge in [-0.2, -0.15) is 0 Å². The van der Waals surface area contributed by atoms with Crippen molar-refractivity contribution in [3.8, 4) is 5.75 Å². The van der Waals surface area contributed by atoms with E-state index in [2.05, 4.69) is 15.9 Å². The third-order valence-corrected chi connectivity index (χ3v) is 3.65. The van der Waals surface area contributed by atoms with Crippen LogP contribution in [0.1, 0.15) is 0 Å².